The Morgan fingerprint density at radius 1 is 1.47 bits per heavy atom. The van der Waals surface area contributed by atoms with Crippen molar-refractivity contribution in [2.45, 2.75) is 10.1 Å². The van der Waals surface area contributed by atoms with Crippen LogP contribution in [0.2, 0.25) is 5.02 Å². The van der Waals surface area contributed by atoms with E-state index in [9.17, 15) is 0 Å². The van der Waals surface area contributed by atoms with Gasteiger partial charge in [-0.25, -0.2) is 0 Å². The minimum atomic E-state index is 0.706. The average molecular weight is 258 g/mol. The van der Waals surface area contributed by atoms with Gasteiger partial charge in [0.2, 0.25) is 0 Å². The van der Waals surface area contributed by atoms with Crippen LogP contribution in [0, 0.1) is 0 Å². The summed E-state index contributed by atoms with van der Waals surface area (Å²) in [7, 11) is 0. The number of rotatable bonds is 3. The zero-order chi connectivity index (χ0) is 10.7. The number of nitrogen functional groups attached to an aromatic ring is 1. The number of nitrogens with zero attached hydrogens (tertiary/aromatic N) is 2. The number of hydrogen-bond acceptors (Lipinski definition) is 5. The number of aromatic nitrogens is 2. The summed E-state index contributed by atoms with van der Waals surface area (Å²) in [6.07, 6.45) is 0. The monoisotopic (exact) mass is 257 g/mol. The van der Waals surface area contributed by atoms with E-state index in [1.807, 2.05) is 12.1 Å². The summed E-state index contributed by atoms with van der Waals surface area (Å²) in [6.45, 7) is 0. The molecular formula is C9H8ClN3S2. The minimum Gasteiger partial charge on any atom is -0.398 e. The maximum atomic E-state index is 5.89. The summed E-state index contributed by atoms with van der Waals surface area (Å²) in [5, 5.41) is 8.41. The van der Waals surface area contributed by atoms with Crippen molar-refractivity contribution in [2.75, 3.05) is 5.73 Å². The Balaban J connectivity index is 2.07. The van der Waals surface area contributed by atoms with E-state index in [1.54, 1.807) is 23.3 Å². The smallest absolute Gasteiger partial charge is 0.174 e. The second-order valence-corrected chi connectivity index (χ2v) is 5.33. The van der Waals surface area contributed by atoms with Gasteiger partial charge in [0.15, 0.2) is 4.34 Å². The van der Waals surface area contributed by atoms with Crippen molar-refractivity contribution < 1.29 is 0 Å². The highest BCUT2D eigenvalue weighted by Crippen LogP contribution is 2.27. The van der Waals surface area contributed by atoms with E-state index >= 15 is 0 Å². The van der Waals surface area contributed by atoms with Crippen LogP contribution in [0.25, 0.3) is 0 Å². The largest absolute Gasteiger partial charge is 0.398 e. The molecule has 0 bridgehead atoms. The highest BCUT2D eigenvalue weighted by molar-refractivity contribution is 8.00. The second-order valence-electron chi connectivity index (χ2n) is 2.84. The van der Waals surface area contributed by atoms with Gasteiger partial charge in [-0.2, -0.15) is 0 Å². The van der Waals surface area contributed by atoms with Gasteiger partial charge in [0.05, 0.1) is 0 Å². The van der Waals surface area contributed by atoms with Crippen LogP contribution in [-0.2, 0) is 5.75 Å². The average Bonchev–Trinajstić information content (AvgIpc) is 2.72. The topological polar surface area (TPSA) is 51.8 Å². The van der Waals surface area contributed by atoms with Crippen LogP contribution in [0.4, 0.5) is 5.69 Å². The lowest BCUT2D eigenvalue weighted by Gasteiger charge is -2.03. The van der Waals surface area contributed by atoms with E-state index < -0.39 is 0 Å². The van der Waals surface area contributed by atoms with Crippen LogP contribution in [0.5, 0.6) is 0 Å². The number of halogens is 1. The van der Waals surface area contributed by atoms with Gasteiger partial charge in [-0.1, -0.05) is 34.7 Å². The van der Waals surface area contributed by atoms with Crippen LogP contribution >= 0.6 is 34.7 Å². The van der Waals surface area contributed by atoms with Crippen molar-refractivity contribution in [2.24, 2.45) is 0 Å². The first-order chi connectivity index (χ1) is 7.25. The molecular weight excluding hydrogens is 250 g/mol. The lowest BCUT2D eigenvalue weighted by molar-refractivity contribution is 1.01. The summed E-state index contributed by atoms with van der Waals surface area (Å²) in [5.41, 5.74) is 9.33. The molecule has 1 aromatic heterocycles. The molecule has 2 rings (SSSR count). The molecule has 0 aliphatic heterocycles. The summed E-state index contributed by atoms with van der Waals surface area (Å²) in [5.74, 6) is 0.765. The summed E-state index contributed by atoms with van der Waals surface area (Å²) >= 11 is 9.02. The molecule has 1 aromatic carbocycles. The molecule has 6 heteroatoms. The van der Waals surface area contributed by atoms with Gasteiger partial charge in [0, 0.05) is 16.5 Å². The van der Waals surface area contributed by atoms with Crippen molar-refractivity contribution in [3.8, 4) is 0 Å². The molecule has 0 radical (unpaired) electrons. The number of thioether (sulfide) groups is 1. The van der Waals surface area contributed by atoms with Gasteiger partial charge >= 0.3 is 0 Å². The molecule has 15 heavy (non-hydrogen) atoms. The van der Waals surface area contributed by atoms with Crippen LogP contribution in [0.1, 0.15) is 5.56 Å². The van der Waals surface area contributed by atoms with Crippen LogP contribution in [0.15, 0.2) is 28.0 Å². The van der Waals surface area contributed by atoms with Gasteiger partial charge < -0.3 is 5.73 Å². The van der Waals surface area contributed by atoms with E-state index in [2.05, 4.69) is 10.2 Å². The lowest BCUT2D eigenvalue weighted by atomic mass is 10.2. The van der Waals surface area contributed by atoms with Crippen molar-refractivity contribution in [1.82, 2.24) is 10.2 Å². The Bertz CT molecular complexity index is 445. The first kappa shape index (κ1) is 10.7. The van der Waals surface area contributed by atoms with Gasteiger partial charge in [-0.15, -0.1) is 10.2 Å². The predicted molar refractivity (Wildman–Crippen MR) is 65.3 cm³/mol. The minimum absolute atomic E-state index is 0.706. The number of hydrogen-bond donors (Lipinski definition) is 1. The molecule has 0 aliphatic carbocycles. The Morgan fingerprint density at radius 3 is 3.07 bits per heavy atom. The standard InChI is InChI=1S/C9H8ClN3S2/c10-7-1-2-8(11)6(3-7)4-14-9-13-12-5-15-9/h1-3,5H,4,11H2. The van der Waals surface area contributed by atoms with Crippen LogP contribution in [0.3, 0.4) is 0 Å². The summed E-state index contributed by atoms with van der Waals surface area (Å²) in [4.78, 5) is 0. The molecule has 0 fully saturated rings. The molecule has 0 saturated carbocycles. The normalized spacial score (nSPS) is 10.5. The molecule has 0 saturated heterocycles. The molecule has 0 atom stereocenters. The number of benzene rings is 1. The maximum Gasteiger partial charge on any atom is 0.174 e. The van der Waals surface area contributed by atoms with E-state index in [1.165, 1.54) is 11.3 Å². The zero-order valence-electron chi connectivity index (χ0n) is 7.68. The van der Waals surface area contributed by atoms with Gasteiger partial charge in [-0.3, -0.25) is 0 Å². The molecule has 0 spiro atoms. The molecule has 78 valence electrons. The van der Waals surface area contributed by atoms with E-state index in [0.29, 0.717) is 5.02 Å². The summed E-state index contributed by atoms with van der Waals surface area (Å²) in [6, 6.07) is 5.49. The third kappa shape index (κ3) is 2.84. The predicted octanol–water partition coefficient (Wildman–Crippen LogP) is 3.07. The Labute approximate surface area is 101 Å². The van der Waals surface area contributed by atoms with E-state index in [-0.39, 0.29) is 0 Å². The van der Waals surface area contributed by atoms with Gasteiger partial charge in [0.25, 0.3) is 0 Å². The third-order valence-electron chi connectivity index (χ3n) is 1.80. The fraction of sp³-hybridized carbons (Fsp3) is 0.111. The van der Waals surface area contributed by atoms with Crippen molar-refractivity contribution in [1.29, 1.82) is 0 Å². The van der Waals surface area contributed by atoms with E-state index in [0.717, 1.165) is 21.3 Å². The third-order valence-corrected chi connectivity index (χ3v) is 3.94. The van der Waals surface area contributed by atoms with Crippen molar-refractivity contribution >= 4 is 40.4 Å². The van der Waals surface area contributed by atoms with Gasteiger partial charge in [-0.05, 0) is 23.8 Å². The van der Waals surface area contributed by atoms with Crippen LogP contribution < -0.4 is 5.73 Å². The SMILES string of the molecule is Nc1ccc(Cl)cc1CSc1nncs1. The quantitative estimate of drug-likeness (QED) is 0.678. The molecule has 3 nitrogen and oxygen atoms in total. The molecule has 1 heterocycles. The molecule has 0 aliphatic rings. The molecule has 2 N–H and O–H groups in total. The maximum absolute atomic E-state index is 5.89. The number of anilines is 1. The fourth-order valence-corrected chi connectivity index (χ4v) is 2.75. The molecule has 2 aromatic rings. The summed E-state index contributed by atoms with van der Waals surface area (Å²) < 4.78 is 0.939. The zero-order valence-corrected chi connectivity index (χ0v) is 10.1. The Morgan fingerprint density at radius 2 is 2.33 bits per heavy atom. The molecule has 0 amide bonds. The van der Waals surface area contributed by atoms with Crippen LogP contribution in [-0.4, -0.2) is 10.2 Å². The first-order valence-corrected chi connectivity index (χ1v) is 6.43. The number of nitrogens with two attached hydrogens (primary N) is 1. The fourth-order valence-electron chi connectivity index (χ4n) is 1.06. The lowest BCUT2D eigenvalue weighted by Crippen LogP contribution is -1.92. The van der Waals surface area contributed by atoms with E-state index in [4.69, 9.17) is 17.3 Å². The second kappa shape index (κ2) is 4.83. The Hall–Kier alpha value is -0.780. The van der Waals surface area contributed by atoms with Crippen molar-refractivity contribution in [3.63, 3.8) is 0 Å². The van der Waals surface area contributed by atoms with Gasteiger partial charge in [0.1, 0.15) is 5.51 Å². The Kier molecular flexibility index (Phi) is 3.45. The highest BCUT2D eigenvalue weighted by Gasteiger charge is 2.03. The van der Waals surface area contributed by atoms with Crippen molar-refractivity contribution in [3.05, 3.63) is 34.3 Å². The first-order valence-electron chi connectivity index (χ1n) is 4.18. The highest BCUT2D eigenvalue weighted by atomic mass is 35.5. The molecule has 0 unspecified atom stereocenters.